The summed E-state index contributed by atoms with van der Waals surface area (Å²) in [6.45, 7) is 0.432. The number of alkyl halides is 3. The third-order valence-electron chi connectivity index (χ3n) is 4.86. The summed E-state index contributed by atoms with van der Waals surface area (Å²) in [7, 11) is 0. The quantitative estimate of drug-likeness (QED) is 0.107. The molecule has 0 bridgehead atoms. The molecule has 4 N–H and O–H groups in total. The molecule has 0 aliphatic heterocycles. The van der Waals surface area contributed by atoms with Gasteiger partial charge in [-0.1, -0.05) is 141 Å². The highest BCUT2D eigenvalue weighted by Crippen LogP contribution is 2.36. The summed E-state index contributed by atoms with van der Waals surface area (Å²) in [5.74, 6) is 1.74. The van der Waals surface area contributed by atoms with Crippen LogP contribution in [0.1, 0.15) is 0 Å². The average molecular weight is 870 g/mol. The topological polar surface area (TPSA) is 99.4 Å². The molecule has 9 heteroatoms. The van der Waals surface area contributed by atoms with E-state index in [-0.39, 0.29) is 37.9 Å². The molecule has 0 saturated heterocycles. The molecule has 0 aliphatic carbocycles. The molecule has 0 unspecified atom stereocenters. The van der Waals surface area contributed by atoms with Crippen LogP contribution in [-0.2, 0) is 0 Å². The Morgan fingerprint density at radius 3 is 1.10 bits per heavy atom. The van der Waals surface area contributed by atoms with Crippen molar-refractivity contribution in [1.82, 2.24) is 0 Å². The van der Waals surface area contributed by atoms with Crippen LogP contribution in [0.5, 0.6) is 23.0 Å². The van der Waals surface area contributed by atoms with Crippen LogP contribution >= 0.6 is 67.8 Å². The minimum absolute atomic E-state index is 0.0308. The van der Waals surface area contributed by atoms with Crippen LogP contribution < -0.4 is 9.47 Å². The number of aromatic hydroxyl groups is 2. The maximum absolute atomic E-state index is 9.58. The number of halogens is 3. The zero-order chi connectivity index (χ0) is 28.9. The third kappa shape index (κ3) is 12.5. The summed E-state index contributed by atoms with van der Waals surface area (Å²) < 4.78 is 12.3. The van der Waals surface area contributed by atoms with Crippen molar-refractivity contribution < 1.29 is 29.9 Å². The second-order valence-electron chi connectivity index (χ2n) is 7.27. The molecular formula is C30H33I3O6. The van der Waals surface area contributed by atoms with Gasteiger partial charge in [-0.15, -0.1) is 0 Å². The lowest BCUT2D eigenvalue weighted by Crippen LogP contribution is -2.04. The van der Waals surface area contributed by atoms with Crippen molar-refractivity contribution in [2.24, 2.45) is 0 Å². The van der Waals surface area contributed by atoms with Gasteiger partial charge in [0.1, 0.15) is 36.2 Å². The van der Waals surface area contributed by atoms with Gasteiger partial charge in [-0.05, 0) is 29.2 Å². The van der Waals surface area contributed by atoms with Crippen molar-refractivity contribution >= 4 is 67.8 Å². The van der Waals surface area contributed by atoms with Crippen LogP contribution in [0.4, 0.5) is 0 Å². The molecule has 0 fully saturated rings. The highest BCUT2D eigenvalue weighted by molar-refractivity contribution is 14.2. The van der Waals surface area contributed by atoms with Crippen LogP contribution in [0.15, 0.2) is 97.1 Å². The van der Waals surface area contributed by atoms with Gasteiger partial charge in [-0.25, -0.2) is 0 Å². The predicted molar refractivity (Wildman–Crippen MR) is 185 cm³/mol. The molecule has 0 aliphatic rings. The lowest BCUT2D eigenvalue weighted by Gasteiger charge is -2.14. The second kappa shape index (κ2) is 21.9. The van der Waals surface area contributed by atoms with Crippen molar-refractivity contribution in [1.29, 1.82) is 0 Å². The van der Waals surface area contributed by atoms with Crippen molar-refractivity contribution in [3.05, 3.63) is 97.1 Å². The van der Waals surface area contributed by atoms with Gasteiger partial charge in [0.05, 0.1) is 15.6 Å². The minimum atomic E-state index is -0.0308. The monoisotopic (exact) mass is 870 g/mol. The highest BCUT2D eigenvalue weighted by atomic mass is 127. The fourth-order valence-electron chi connectivity index (χ4n) is 3.34. The molecule has 0 heterocycles. The smallest absolute Gasteiger partial charge is 0.127 e. The summed E-state index contributed by atoms with van der Waals surface area (Å²) in [6.07, 6.45) is 0. The number of aliphatic hydroxyl groups excluding tert-OH is 2. The van der Waals surface area contributed by atoms with Gasteiger partial charge in [0.25, 0.3) is 0 Å². The van der Waals surface area contributed by atoms with Gasteiger partial charge in [-0.3, -0.25) is 0 Å². The molecule has 0 aromatic heterocycles. The van der Waals surface area contributed by atoms with Gasteiger partial charge in [0, 0.05) is 22.3 Å². The molecule has 0 atom stereocenters. The van der Waals surface area contributed by atoms with Crippen LogP contribution in [0.3, 0.4) is 0 Å². The lowest BCUT2D eigenvalue weighted by atomic mass is 10.0. The van der Waals surface area contributed by atoms with E-state index in [1.807, 2.05) is 65.6 Å². The number of phenolic OH excluding ortho intramolecular Hbond substituents is 2. The second-order valence-corrected chi connectivity index (χ2v) is 11.7. The molecule has 210 valence electrons. The Morgan fingerprint density at radius 1 is 0.513 bits per heavy atom. The van der Waals surface area contributed by atoms with E-state index in [4.69, 9.17) is 19.7 Å². The maximum atomic E-state index is 9.58. The Morgan fingerprint density at radius 2 is 0.795 bits per heavy atom. The summed E-state index contributed by atoms with van der Waals surface area (Å²) in [4.78, 5) is 1.97. The van der Waals surface area contributed by atoms with Gasteiger partial charge < -0.3 is 29.9 Å². The number of benzene rings is 4. The molecular weight excluding hydrogens is 837 g/mol. The third-order valence-corrected chi connectivity index (χ3v) is 4.86. The standard InChI is InChI=1S/C16H18O4.C12H10O2.CH2I2.CH3I/c17-9-11-19-15-7-3-1-5-13(15)14-6-2-4-8-16(14)20-12-10-18;13-11-7-3-1-5-9(11)10-6-2-4-8-12(10)14;2-1-3;1-2/h1-8,17-18H,9-12H2;1-8,13-14H;1H2;1H3. The first-order valence-electron chi connectivity index (χ1n) is 11.8. The van der Waals surface area contributed by atoms with Crippen molar-refractivity contribution in [2.45, 2.75) is 0 Å². The number of phenols is 2. The van der Waals surface area contributed by atoms with E-state index in [2.05, 4.69) is 67.8 Å². The zero-order valence-corrected chi connectivity index (χ0v) is 28.0. The first-order chi connectivity index (χ1) is 19.1. The summed E-state index contributed by atoms with van der Waals surface area (Å²) >= 11 is 6.70. The van der Waals surface area contributed by atoms with E-state index in [0.717, 1.165) is 11.1 Å². The van der Waals surface area contributed by atoms with Crippen molar-refractivity contribution in [2.75, 3.05) is 33.8 Å². The predicted octanol–water partition coefficient (Wildman–Crippen LogP) is 7.73. The van der Waals surface area contributed by atoms with E-state index < -0.39 is 0 Å². The fraction of sp³-hybridized carbons (Fsp3) is 0.200. The average Bonchev–Trinajstić information content (AvgIpc) is 2.98. The van der Waals surface area contributed by atoms with E-state index in [1.54, 1.807) is 36.4 Å². The minimum Gasteiger partial charge on any atom is -0.507 e. The molecule has 0 spiro atoms. The summed E-state index contributed by atoms with van der Waals surface area (Å²) in [5, 5.41) is 36.9. The Hall–Kier alpha value is -1.81. The van der Waals surface area contributed by atoms with Crippen LogP contribution in [0.2, 0.25) is 0 Å². The van der Waals surface area contributed by atoms with Crippen LogP contribution in [0.25, 0.3) is 22.3 Å². The number of hydrogen-bond acceptors (Lipinski definition) is 6. The van der Waals surface area contributed by atoms with Crippen LogP contribution in [-0.4, -0.2) is 54.2 Å². The Balaban J connectivity index is 0.000000349. The van der Waals surface area contributed by atoms with Gasteiger partial charge in [0.15, 0.2) is 0 Å². The SMILES string of the molecule is CI.ICI.OCCOc1ccccc1-c1ccccc1OCCO.Oc1ccccc1-c1ccccc1O. The van der Waals surface area contributed by atoms with Gasteiger partial charge in [0.2, 0.25) is 0 Å². The largest absolute Gasteiger partial charge is 0.507 e. The maximum Gasteiger partial charge on any atom is 0.127 e. The highest BCUT2D eigenvalue weighted by Gasteiger charge is 2.11. The zero-order valence-electron chi connectivity index (χ0n) is 21.5. The Labute approximate surface area is 271 Å². The number of ether oxygens (including phenoxy) is 2. The number of aliphatic hydroxyl groups is 2. The number of hydrogen-bond donors (Lipinski definition) is 4. The molecule has 39 heavy (non-hydrogen) atoms. The molecule has 6 nitrogen and oxygen atoms in total. The Kier molecular flexibility index (Phi) is 19.8. The molecule has 4 rings (SSSR count). The molecule has 0 radical (unpaired) electrons. The van der Waals surface area contributed by atoms with Gasteiger partial charge >= 0.3 is 0 Å². The molecule has 0 saturated carbocycles. The summed E-state index contributed by atoms with van der Waals surface area (Å²) in [6, 6.07) is 29.1. The number of rotatable bonds is 8. The first kappa shape index (κ1) is 35.2. The Bertz CT molecular complexity index is 1110. The molecule has 0 amide bonds. The summed E-state index contributed by atoms with van der Waals surface area (Å²) in [5.41, 5.74) is 3.08. The van der Waals surface area contributed by atoms with E-state index in [1.165, 1.54) is 2.43 Å². The fourth-order valence-corrected chi connectivity index (χ4v) is 3.34. The molecule has 4 aromatic carbocycles. The normalized spacial score (nSPS) is 9.49. The van der Waals surface area contributed by atoms with Crippen molar-refractivity contribution in [3.63, 3.8) is 0 Å². The number of para-hydroxylation sites is 4. The molecule has 4 aromatic rings. The van der Waals surface area contributed by atoms with Gasteiger partial charge in [-0.2, -0.15) is 0 Å². The first-order valence-corrected chi connectivity index (χ1v) is 17.0. The van der Waals surface area contributed by atoms with E-state index in [9.17, 15) is 10.2 Å². The van der Waals surface area contributed by atoms with E-state index in [0.29, 0.717) is 22.6 Å². The van der Waals surface area contributed by atoms with E-state index >= 15 is 0 Å². The van der Waals surface area contributed by atoms with Crippen molar-refractivity contribution in [3.8, 4) is 45.3 Å². The van der Waals surface area contributed by atoms with Crippen LogP contribution in [0, 0.1) is 0 Å². The lowest BCUT2D eigenvalue weighted by molar-refractivity contribution is 0.200.